The van der Waals surface area contributed by atoms with Crippen LogP contribution in [0.3, 0.4) is 0 Å². The Morgan fingerprint density at radius 2 is 2.09 bits per heavy atom. The molecule has 0 radical (unpaired) electrons. The van der Waals surface area contributed by atoms with Crippen LogP contribution in [0.1, 0.15) is 33.6 Å². The molecule has 0 spiro atoms. The molecule has 1 rings (SSSR count). The van der Waals surface area contributed by atoms with E-state index in [1.165, 1.54) is 0 Å². The van der Waals surface area contributed by atoms with E-state index in [0.717, 1.165) is 12.8 Å². The number of carbonyl (C=O) groups excluding carboxylic acids is 1. The standard InChI is InChI=1S/C8H15NOS/c1-4-8(5-2)7(10)9-6(3)11-8/h6H,4-5H2,1-3H3,(H,9,10). The maximum atomic E-state index is 11.4. The van der Waals surface area contributed by atoms with Gasteiger partial charge in [0.1, 0.15) is 0 Å². The normalized spacial score (nSPS) is 28.6. The van der Waals surface area contributed by atoms with Gasteiger partial charge in [-0.05, 0) is 19.8 Å². The molecule has 1 aliphatic rings. The summed E-state index contributed by atoms with van der Waals surface area (Å²) in [6, 6.07) is 0. The van der Waals surface area contributed by atoms with Crippen molar-refractivity contribution in [3.05, 3.63) is 0 Å². The molecule has 1 aliphatic heterocycles. The molecule has 1 N–H and O–H groups in total. The summed E-state index contributed by atoms with van der Waals surface area (Å²) in [5.74, 6) is 0.222. The molecular formula is C8H15NOS. The molecule has 1 heterocycles. The molecule has 1 fully saturated rings. The fourth-order valence-electron chi connectivity index (χ4n) is 1.48. The third kappa shape index (κ3) is 1.39. The smallest absolute Gasteiger partial charge is 0.237 e. The van der Waals surface area contributed by atoms with Gasteiger partial charge in [-0.15, -0.1) is 11.8 Å². The topological polar surface area (TPSA) is 29.1 Å². The van der Waals surface area contributed by atoms with Gasteiger partial charge in [-0.1, -0.05) is 13.8 Å². The number of rotatable bonds is 2. The lowest BCUT2D eigenvalue weighted by atomic mass is 10.0. The monoisotopic (exact) mass is 173 g/mol. The van der Waals surface area contributed by atoms with Crippen molar-refractivity contribution in [1.82, 2.24) is 5.32 Å². The summed E-state index contributed by atoms with van der Waals surface area (Å²) in [6.45, 7) is 6.19. The van der Waals surface area contributed by atoms with Gasteiger partial charge >= 0.3 is 0 Å². The molecule has 0 aromatic carbocycles. The van der Waals surface area contributed by atoms with Gasteiger partial charge in [0.05, 0.1) is 10.1 Å². The Morgan fingerprint density at radius 1 is 1.55 bits per heavy atom. The second-order valence-corrected chi connectivity index (χ2v) is 4.66. The Kier molecular flexibility index (Phi) is 2.47. The SMILES string of the molecule is CCC1(CC)SC(C)NC1=O. The molecular weight excluding hydrogens is 158 g/mol. The van der Waals surface area contributed by atoms with Crippen molar-refractivity contribution in [2.75, 3.05) is 0 Å². The lowest BCUT2D eigenvalue weighted by Gasteiger charge is -2.20. The van der Waals surface area contributed by atoms with Crippen molar-refractivity contribution in [2.45, 2.75) is 43.7 Å². The molecule has 1 atom stereocenters. The van der Waals surface area contributed by atoms with Crippen LogP contribution in [0.15, 0.2) is 0 Å². The van der Waals surface area contributed by atoms with Gasteiger partial charge in [0.25, 0.3) is 0 Å². The van der Waals surface area contributed by atoms with Crippen molar-refractivity contribution < 1.29 is 4.79 Å². The first-order chi connectivity index (χ1) is 5.14. The van der Waals surface area contributed by atoms with Crippen molar-refractivity contribution in [2.24, 2.45) is 0 Å². The fraction of sp³-hybridized carbons (Fsp3) is 0.875. The number of amides is 1. The highest BCUT2D eigenvalue weighted by Gasteiger charge is 2.42. The summed E-state index contributed by atoms with van der Waals surface area (Å²) in [4.78, 5) is 11.4. The molecule has 1 saturated heterocycles. The van der Waals surface area contributed by atoms with E-state index in [4.69, 9.17) is 0 Å². The quantitative estimate of drug-likeness (QED) is 0.689. The van der Waals surface area contributed by atoms with E-state index >= 15 is 0 Å². The highest BCUT2D eigenvalue weighted by Crippen LogP contribution is 2.39. The van der Waals surface area contributed by atoms with Gasteiger partial charge in [0.15, 0.2) is 0 Å². The van der Waals surface area contributed by atoms with E-state index in [2.05, 4.69) is 19.2 Å². The molecule has 1 unspecified atom stereocenters. The third-order valence-corrected chi connectivity index (χ3v) is 3.98. The van der Waals surface area contributed by atoms with Gasteiger partial charge < -0.3 is 5.32 Å². The van der Waals surface area contributed by atoms with E-state index < -0.39 is 0 Å². The zero-order valence-electron chi connectivity index (χ0n) is 7.31. The van der Waals surface area contributed by atoms with Gasteiger partial charge in [-0.3, -0.25) is 4.79 Å². The predicted octanol–water partition coefficient (Wildman–Crippen LogP) is 1.75. The molecule has 11 heavy (non-hydrogen) atoms. The summed E-state index contributed by atoms with van der Waals surface area (Å²) >= 11 is 1.76. The number of nitrogens with one attached hydrogen (secondary N) is 1. The summed E-state index contributed by atoms with van der Waals surface area (Å²) < 4.78 is -0.126. The summed E-state index contributed by atoms with van der Waals surface area (Å²) in [7, 11) is 0. The van der Waals surface area contributed by atoms with Gasteiger partial charge in [0.2, 0.25) is 5.91 Å². The van der Waals surface area contributed by atoms with Gasteiger partial charge in [-0.25, -0.2) is 0 Å². The Balaban J connectivity index is 2.76. The largest absolute Gasteiger partial charge is 0.343 e. The summed E-state index contributed by atoms with van der Waals surface area (Å²) in [5, 5.41) is 3.23. The second kappa shape index (κ2) is 3.05. The Bertz CT molecular complexity index is 165. The predicted molar refractivity (Wildman–Crippen MR) is 48.5 cm³/mol. The molecule has 64 valence electrons. The lowest BCUT2D eigenvalue weighted by molar-refractivity contribution is -0.122. The van der Waals surface area contributed by atoms with Crippen molar-refractivity contribution in [3.8, 4) is 0 Å². The van der Waals surface area contributed by atoms with Crippen molar-refractivity contribution >= 4 is 17.7 Å². The van der Waals surface area contributed by atoms with E-state index in [-0.39, 0.29) is 10.7 Å². The number of hydrogen-bond donors (Lipinski definition) is 1. The average Bonchev–Trinajstić information content (AvgIpc) is 2.27. The Hall–Kier alpha value is -0.180. The lowest BCUT2D eigenvalue weighted by Crippen LogP contribution is -2.35. The molecule has 0 aliphatic carbocycles. The van der Waals surface area contributed by atoms with E-state index in [1.807, 2.05) is 6.92 Å². The van der Waals surface area contributed by atoms with E-state index in [1.54, 1.807) is 11.8 Å². The second-order valence-electron chi connectivity index (χ2n) is 2.93. The third-order valence-electron chi connectivity index (χ3n) is 2.29. The van der Waals surface area contributed by atoms with Crippen LogP contribution in [0.5, 0.6) is 0 Å². The molecule has 0 bridgehead atoms. The minimum absolute atomic E-state index is 0.126. The first-order valence-electron chi connectivity index (χ1n) is 4.13. The number of hydrogen-bond acceptors (Lipinski definition) is 2. The number of thioether (sulfide) groups is 1. The van der Waals surface area contributed by atoms with Crippen LogP contribution in [0.25, 0.3) is 0 Å². The molecule has 0 saturated carbocycles. The van der Waals surface area contributed by atoms with Crippen molar-refractivity contribution in [1.29, 1.82) is 0 Å². The van der Waals surface area contributed by atoms with Gasteiger partial charge in [0, 0.05) is 0 Å². The minimum Gasteiger partial charge on any atom is -0.343 e. The first-order valence-corrected chi connectivity index (χ1v) is 5.01. The summed E-state index contributed by atoms with van der Waals surface area (Å²) in [5.41, 5.74) is 0. The zero-order chi connectivity index (χ0) is 8.48. The Labute approximate surface area is 72.1 Å². The first kappa shape index (κ1) is 8.91. The van der Waals surface area contributed by atoms with Gasteiger partial charge in [-0.2, -0.15) is 0 Å². The average molecular weight is 173 g/mol. The number of carbonyl (C=O) groups is 1. The van der Waals surface area contributed by atoms with Crippen LogP contribution >= 0.6 is 11.8 Å². The van der Waals surface area contributed by atoms with E-state index in [9.17, 15) is 4.79 Å². The van der Waals surface area contributed by atoms with Crippen molar-refractivity contribution in [3.63, 3.8) is 0 Å². The zero-order valence-corrected chi connectivity index (χ0v) is 8.12. The maximum Gasteiger partial charge on any atom is 0.237 e. The maximum absolute atomic E-state index is 11.4. The Morgan fingerprint density at radius 3 is 2.27 bits per heavy atom. The highest BCUT2D eigenvalue weighted by molar-refractivity contribution is 8.02. The molecule has 0 aromatic heterocycles. The van der Waals surface area contributed by atoms with Crippen LogP contribution in [0, 0.1) is 0 Å². The molecule has 2 nitrogen and oxygen atoms in total. The van der Waals surface area contributed by atoms with Crippen LogP contribution in [0.2, 0.25) is 0 Å². The molecule has 3 heteroatoms. The van der Waals surface area contributed by atoms with Crippen LogP contribution in [0.4, 0.5) is 0 Å². The molecule has 0 aromatic rings. The summed E-state index contributed by atoms with van der Waals surface area (Å²) in [6.07, 6.45) is 1.87. The fourth-order valence-corrected chi connectivity index (χ4v) is 2.82. The minimum atomic E-state index is -0.126. The molecule has 1 amide bonds. The van der Waals surface area contributed by atoms with E-state index in [0.29, 0.717) is 5.37 Å². The van der Waals surface area contributed by atoms with Crippen LogP contribution in [-0.2, 0) is 4.79 Å². The van der Waals surface area contributed by atoms with Crippen LogP contribution in [-0.4, -0.2) is 16.0 Å². The highest BCUT2D eigenvalue weighted by atomic mass is 32.2. The van der Waals surface area contributed by atoms with Crippen LogP contribution < -0.4 is 5.32 Å².